The number of hydrogen-bond acceptors (Lipinski definition) is 2. The predicted molar refractivity (Wildman–Crippen MR) is 74.8 cm³/mol. The quantitative estimate of drug-likeness (QED) is 0.905. The number of para-hydroxylation sites is 1. The maximum Gasteiger partial charge on any atom is 0.124 e. The topological polar surface area (TPSA) is 35.2 Å². The third-order valence-corrected chi connectivity index (χ3v) is 2.93. The zero-order chi connectivity index (χ0) is 13.0. The first-order valence-electron chi connectivity index (χ1n) is 5.88. The van der Waals surface area contributed by atoms with Crippen LogP contribution < -0.4 is 10.5 Å². The van der Waals surface area contributed by atoms with Gasteiger partial charge in [0.1, 0.15) is 12.4 Å². The molecule has 1 atom stereocenters. The van der Waals surface area contributed by atoms with E-state index in [2.05, 4.69) is 0 Å². The zero-order valence-corrected chi connectivity index (χ0v) is 11.0. The molecule has 0 spiro atoms. The van der Waals surface area contributed by atoms with Gasteiger partial charge in [0, 0.05) is 16.6 Å². The van der Waals surface area contributed by atoms with Crippen LogP contribution in [0.2, 0.25) is 5.02 Å². The molecule has 0 saturated heterocycles. The molecule has 0 bridgehead atoms. The molecule has 0 fully saturated rings. The van der Waals surface area contributed by atoms with Crippen molar-refractivity contribution in [3.8, 4) is 5.75 Å². The van der Waals surface area contributed by atoms with Crippen LogP contribution in [0.15, 0.2) is 48.5 Å². The number of rotatable bonds is 4. The molecule has 2 N–H and O–H groups in total. The lowest BCUT2D eigenvalue weighted by molar-refractivity contribution is 0.301. The van der Waals surface area contributed by atoms with Gasteiger partial charge < -0.3 is 10.5 Å². The van der Waals surface area contributed by atoms with Gasteiger partial charge in [-0.05, 0) is 30.7 Å². The Morgan fingerprint density at radius 3 is 2.67 bits per heavy atom. The summed E-state index contributed by atoms with van der Waals surface area (Å²) in [5, 5.41) is 0.719. The molecule has 3 heteroatoms. The molecule has 0 unspecified atom stereocenters. The van der Waals surface area contributed by atoms with Crippen molar-refractivity contribution in [3.63, 3.8) is 0 Å². The standard InChI is InChI=1S/C15H16ClNO/c1-11(17)14-7-2-3-8-15(14)18-10-12-5-4-6-13(16)9-12/h2-9,11H,10,17H2,1H3/t11-/m1/s1. The van der Waals surface area contributed by atoms with E-state index in [0.29, 0.717) is 6.61 Å². The van der Waals surface area contributed by atoms with E-state index < -0.39 is 0 Å². The molecule has 0 aliphatic heterocycles. The lowest BCUT2D eigenvalue weighted by Gasteiger charge is -2.13. The molecule has 0 aliphatic carbocycles. The minimum atomic E-state index is -0.0411. The Morgan fingerprint density at radius 2 is 1.94 bits per heavy atom. The maximum atomic E-state index is 5.93. The van der Waals surface area contributed by atoms with Crippen molar-refractivity contribution < 1.29 is 4.74 Å². The second kappa shape index (κ2) is 5.89. The first-order chi connectivity index (χ1) is 8.66. The normalized spacial score (nSPS) is 12.2. The van der Waals surface area contributed by atoms with Crippen LogP contribution in [0.4, 0.5) is 0 Å². The molecular formula is C15H16ClNO. The van der Waals surface area contributed by atoms with Crippen LogP contribution in [-0.2, 0) is 6.61 Å². The maximum absolute atomic E-state index is 5.93. The van der Waals surface area contributed by atoms with Gasteiger partial charge in [-0.2, -0.15) is 0 Å². The third-order valence-electron chi connectivity index (χ3n) is 2.69. The summed E-state index contributed by atoms with van der Waals surface area (Å²) in [6.45, 7) is 2.44. The lowest BCUT2D eigenvalue weighted by atomic mass is 10.1. The third kappa shape index (κ3) is 3.25. The molecule has 2 aromatic carbocycles. The summed E-state index contributed by atoms with van der Waals surface area (Å²) >= 11 is 5.93. The highest BCUT2D eigenvalue weighted by atomic mass is 35.5. The van der Waals surface area contributed by atoms with E-state index >= 15 is 0 Å². The molecule has 0 radical (unpaired) electrons. The molecule has 0 aliphatic rings. The smallest absolute Gasteiger partial charge is 0.124 e. The summed E-state index contributed by atoms with van der Waals surface area (Å²) in [6, 6.07) is 15.4. The average molecular weight is 262 g/mol. The Kier molecular flexibility index (Phi) is 4.24. The fourth-order valence-corrected chi connectivity index (χ4v) is 1.99. The zero-order valence-electron chi connectivity index (χ0n) is 10.3. The van der Waals surface area contributed by atoms with Crippen LogP contribution in [0.3, 0.4) is 0 Å². The van der Waals surface area contributed by atoms with Gasteiger partial charge in [0.05, 0.1) is 0 Å². The molecule has 0 aromatic heterocycles. The monoisotopic (exact) mass is 261 g/mol. The van der Waals surface area contributed by atoms with Gasteiger partial charge >= 0.3 is 0 Å². The average Bonchev–Trinajstić information content (AvgIpc) is 2.37. The van der Waals surface area contributed by atoms with E-state index in [1.54, 1.807) is 0 Å². The molecule has 18 heavy (non-hydrogen) atoms. The van der Waals surface area contributed by atoms with Crippen LogP contribution >= 0.6 is 11.6 Å². The highest BCUT2D eigenvalue weighted by molar-refractivity contribution is 6.30. The van der Waals surface area contributed by atoms with E-state index in [0.717, 1.165) is 21.9 Å². The number of benzene rings is 2. The predicted octanol–water partition coefficient (Wildman–Crippen LogP) is 3.94. The van der Waals surface area contributed by atoms with Crippen molar-refractivity contribution in [1.29, 1.82) is 0 Å². The number of nitrogens with two attached hydrogens (primary N) is 1. The van der Waals surface area contributed by atoms with E-state index in [9.17, 15) is 0 Å². The molecule has 0 heterocycles. The van der Waals surface area contributed by atoms with Gasteiger partial charge in [0.2, 0.25) is 0 Å². The van der Waals surface area contributed by atoms with Gasteiger partial charge in [-0.1, -0.05) is 41.9 Å². The first-order valence-corrected chi connectivity index (χ1v) is 6.26. The summed E-state index contributed by atoms with van der Waals surface area (Å²) in [7, 11) is 0. The Labute approximate surface area is 112 Å². The van der Waals surface area contributed by atoms with Crippen molar-refractivity contribution in [2.45, 2.75) is 19.6 Å². The second-order valence-electron chi connectivity index (χ2n) is 4.25. The van der Waals surface area contributed by atoms with Gasteiger partial charge in [0.25, 0.3) is 0 Å². The first kappa shape index (κ1) is 12.9. The van der Waals surface area contributed by atoms with Crippen molar-refractivity contribution in [2.24, 2.45) is 5.73 Å². The summed E-state index contributed by atoms with van der Waals surface area (Å²) in [5.41, 5.74) is 7.96. The van der Waals surface area contributed by atoms with E-state index in [1.165, 1.54) is 0 Å². The van der Waals surface area contributed by atoms with Crippen LogP contribution in [0, 0.1) is 0 Å². The largest absolute Gasteiger partial charge is 0.489 e. The number of halogens is 1. The fraction of sp³-hybridized carbons (Fsp3) is 0.200. The Hall–Kier alpha value is -1.51. The Balaban J connectivity index is 2.11. The van der Waals surface area contributed by atoms with Gasteiger partial charge in [-0.15, -0.1) is 0 Å². The van der Waals surface area contributed by atoms with Crippen LogP contribution in [0.5, 0.6) is 5.75 Å². The summed E-state index contributed by atoms with van der Waals surface area (Å²) < 4.78 is 5.80. The molecule has 2 nitrogen and oxygen atoms in total. The summed E-state index contributed by atoms with van der Waals surface area (Å²) in [4.78, 5) is 0. The van der Waals surface area contributed by atoms with Gasteiger partial charge in [-0.3, -0.25) is 0 Å². The summed E-state index contributed by atoms with van der Waals surface area (Å²) in [5.74, 6) is 0.826. The Bertz CT molecular complexity index is 525. The number of hydrogen-bond donors (Lipinski definition) is 1. The van der Waals surface area contributed by atoms with Crippen LogP contribution in [-0.4, -0.2) is 0 Å². The van der Waals surface area contributed by atoms with Crippen molar-refractivity contribution >= 4 is 11.6 Å². The van der Waals surface area contributed by atoms with Crippen molar-refractivity contribution in [3.05, 3.63) is 64.7 Å². The minimum Gasteiger partial charge on any atom is -0.489 e. The van der Waals surface area contributed by atoms with Crippen LogP contribution in [0.1, 0.15) is 24.1 Å². The highest BCUT2D eigenvalue weighted by Crippen LogP contribution is 2.24. The second-order valence-corrected chi connectivity index (χ2v) is 4.68. The van der Waals surface area contributed by atoms with E-state index in [4.69, 9.17) is 22.1 Å². The highest BCUT2D eigenvalue weighted by Gasteiger charge is 2.07. The van der Waals surface area contributed by atoms with E-state index in [1.807, 2.05) is 55.5 Å². The molecule has 94 valence electrons. The molecular weight excluding hydrogens is 246 g/mol. The van der Waals surface area contributed by atoms with E-state index in [-0.39, 0.29) is 6.04 Å². The molecule has 0 amide bonds. The van der Waals surface area contributed by atoms with Crippen molar-refractivity contribution in [2.75, 3.05) is 0 Å². The number of ether oxygens (including phenoxy) is 1. The van der Waals surface area contributed by atoms with Crippen molar-refractivity contribution in [1.82, 2.24) is 0 Å². The molecule has 2 rings (SSSR count). The minimum absolute atomic E-state index is 0.0411. The molecule has 0 saturated carbocycles. The Morgan fingerprint density at radius 1 is 1.17 bits per heavy atom. The van der Waals surface area contributed by atoms with Gasteiger partial charge in [0.15, 0.2) is 0 Å². The van der Waals surface area contributed by atoms with Gasteiger partial charge in [-0.25, -0.2) is 0 Å². The lowest BCUT2D eigenvalue weighted by Crippen LogP contribution is -2.07. The fourth-order valence-electron chi connectivity index (χ4n) is 1.78. The SMILES string of the molecule is C[C@@H](N)c1ccccc1OCc1cccc(Cl)c1. The van der Waals surface area contributed by atoms with Crippen LogP contribution in [0.25, 0.3) is 0 Å². The molecule has 2 aromatic rings. The summed E-state index contributed by atoms with van der Waals surface area (Å²) in [6.07, 6.45) is 0.